The van der Waals surface area contributed by atoms with Gasteiger partial charge in [0, 0.05) is 5.56 Å². The first-order chi connectivity index (χ1) is 10.1. The Balaban J connectivity index is 1.88. The van der Waals surface area contributed by atoms with Crippen molar-refractivity contribution in [3.8, 4) is 17.1 Å². The van der Waals surface area contributed by atoms with Crippen molar-refractivity contribution in [1.29, 1.82) is 0 Å². The number of rotatable bonds is 3. The summed E-state index contributed by atoms with van der Waals surface area (Å²) in [5.74, 6) is 1.52. The summed E-state index contributed by atoms with van der Waals surface area (Å²) in [5, 5.41) is 3.23. The molecular formula is C14H16N2O4S. The summed E-state index contributed by atoms with van der Waals surface area (Å²) in [5.41, 5.74) is 0.763. The number of hydrogen-bond acceptors (Lipinski definition) is 6. The van der Waals surface area contributed by atoms with Crippen LogP contribution in [-0.4, -0.2) is 31.4 Å². The van der Waals surface area contributed by atoms with E-state index in [0.717, 1.165) is 17.7 Å². The molecule has 1 unspecified atom stereocenters. The van der Waals surface area contributed by atoms with E-state index in [9.17, 15) is 8.42 Å². The van der Waals surface area contributed by atoms with E-state index in [2.05, 4.69) is 10.1 Å². The molecule has 1 aliphatic rings. The molecule has 0 amide bonds. The Kier molecular flexibility index (Phi) is 3.67. The maximum atomic E-state index is 12.1. The first-order valence-corrected chi connectivity index (χ1v) is 8.51. The molecule has 0 aliphatic carbocycles. The van der Waals surface area contributed by atoms with Gasteiger partial charge in [-0.15, -0.1) is 0 Å². The highest BCUT2D eigenvalue weighted by Crippen LogP contribution is 2.33. The molecule has 0 saturated carbocycles. The third kappa shape index (κ3) is 2.78. The van der Waals surface area contributed by atoms with Gasteiger partial charge in [0.15, 0.2) is 9.84 Å². The van der Waals surface area contributed by atoms with E-state index >= 15 is 0 Å². The molecule has 112 valence electrons. The molecule has 21 heavy (non-hydrogen) atoms. The van der Waals surface area contributed by atoms with Crippen LogP contribution in [0, 0.1) is 0 Å². The minimum absolute atomic E-state index is 0.192. The summed E-state index contributed by atoms with van der Waals surface area (Å²) < 4.78 is 34.4. The van der Waals surface area contributed by atoms with Crippen molar-refractivity contribution in [3.63, 3.8) is 0 Å². The summed E-state index contributed by atoms with van der Waals surface area (Å²) in [6.07, 6.45) is 2.12. The van der Waals surface area contributed by atoms with Crippen LogP contribution in [0.5, 0.6) is 5.75 Å². The monoisotopic (exact) mass is 308 g/mol. The Morgan fingerprint density at radius 2 is 2.00 bits per heavy atom. The molecule has 1 fully saturated rings. The highest BCUT2D eigenvalue weighted by Gasteiger charge is 2.34. The minimum atomic E-state index is -3.17. The second kappa shape index (κ2) is 5.48. The van der Waals surface area contributed by atoms with Gasteiger partial charge in [-0.3, -0.25) is 0 Å². The molecule has 6 nitrogen and oxygen atoms in total. The first-order valence-electron chi connectivity index (χ1n) is 6.80. The van der Waals surface area contributed by atoms with Crippen LogP contribution in [0.4, 0.5) is 0 Å². The van der Waals surface area contributed by atoms with Gasteiger partial charge in [0.25, 0.3) is 0 Å². The third-order valence-electron chi connectivity index (χ3n) is 3.64. The number of nitrogens with zero attached hydrogens (tertiary/aromatic N) is 2. The van der Waals surface area contributed by atoms with Crippen molar-refractivity contribution in [3.05, 3.63) is 30.2 Å². The molecule has 1 aromatic heterocycles. The maximum absolute atomic E-state index is 12.1. The van der Waals surface area contributed by atoms with Crippen LogP contribution in [0.2, 0.25) is 0 Å². The quantitative estimate of drug-likeness (QED) is 0.866. The van der Waals surface area contributed by atoms with Gasteiger partial charge >= 0.3 is 0 Å². The number of sulfone groups is 1. The molecule has 7 heteroatoms. The van der Waals surface area contributed by atoms with Gasteiger partial charge in [-0.1, -0.05) is 11.6 Å². The molecule has 3 rings (SSSR count). The fourth-order valence-corrected chi connectivity index (χ4v) is 4.27. The van der Waals surface area contributed by atoms with Crippen LogP contribution in [0.15, 0.2) is 28.8 Å². The average molecular weight is 308 g/mol. The lowest BCUT2D eigenvalue weighted by Gasteiger charge is -2.18. The van der Waals surface area contributed by atoms with Crippen LogP contribution in [0.1, 0.15) is 30.4 Å². The van der Waals surface area contributed by atoms with Crippen molar-refractivity contribution in [1.82, 2.24) is 10.1 Å². The average Bonchev–Trinajstić information content (AvgIpc) is 2.96. The fourth-order valence-electron chi connectivity index (χ4n) is 2.46. The Morgan fingerprint density at radius 3 is 2.67 bits per heavy atom. The second-order valence-electron chi connectivity index (χ2n) is 5.04. The minimum Gasteiger partial charge on any atom is -0.497 e. The molecule has 2 heterocycles. The van der Waals surface area contributed by atoms with Crippen molar-refractivity contribution in [2.45, 2.75) is 24.5 Å². The highest BCUT2D eigenvalue weighted by molar-refractivity contribution is 7.91. The zero-order valence-corrected chi connectivity index (χ0v) is 12.5. The second-order valence-corrected chi connectivity index (χ2v) is 7.34. The Hall–Kier alpha value is -1.89. The SMILES string of the molecule is COc1ccc(-c2noc(C3CCCCS3(=O)=O)n2)cc1. The van der Waals surface area contributed by atoms with Crippen LogP contribution in [0.3, 0.4) is 0 Å². The number of benzene rings is 1. The Bertz CT molecular complexity index is 722. The van der Waals surface area contributed by atoms with E-state index in [4.69, 9.17) is 9.26 Å². The Labute approximate surface area is 123 Å². The van der Waals surface area contributed by atoms with Crippen molar-refractivity contribution >= 4 is 9.84 Å². The number of aromatic nitrogens is 2. The van der Waals surface area contributed by atoms with Gasteiger partial charge in [-0.05, 0) is 37.1 Å². The van der Waals surface area contributed by atoms with E-state index < -0.39 is 15.1 Å². The largest absolute Gasteiger partial charge is 0.497 e. The number of hydrogen-bond donors (Lipinski definition) is 0. The number of methoxy groups -OCH3 is 1. The topological polar surface area (TPSA) is 82.3 Å². The van der Waals surface area contributed by atoms with Crippen LogP contribution in [0.25, 0.3) is 11.4 Å². The van der Waals surface area contributed by atoms with E-state index in [-0.39, 0.29) is 11.6 Å². The number of ether oxygens (including phenoxy) is 1. The fraction of sp³-hybridized carbons (Fsp3) is 0.429. The summed E-state index contributed by atoms with van der Waals surface area (Å²) in [6, 6.07) is 7.21. The molecule has 0 spiro atoms. The predicted molar refractivity (Wildman–Crippen MR) is 76.7 cm³/mol. The van der Waals surface area contributed by atoms with Gasteiger partial charge in [0.05, 0.1) is 12.9 Å². The van der Waals surface area contributed by atoms with Gasteiger partial charge in [0.1, 0.15) is 11.0 Å². The lowest BCUT2D eigenvalue weighted by molar-refractivity contribution is 0.364. The van der Waals surface area contributed by atoms with E-state index in [0.29, 0.717) is 18.7 Å². The van der Waals surface area contributed by atoms with E-state index in [1.165, 1.54) is 0 Å². The lowest BCUT2D eigenvalue weighted by atomic mass is 10.2. The van der Waals surface area contributed by atoms with Gasteiger partial charge < -0.3 is 9.26 Å². The van der Waals surface area contributed by atoms with Gasteiger partial charge in [-0.2, -0.15) is 4.98 Å². The van der Waals surface area contributed by atoms with Crippen molar-refractivity contribution in [2.75, 3.05) is 12.9 Å². The molecule has 1 saturated heterocycles. The van der Waals surface area contributed by atoms with Crippen LogP contribution in [-0.2, 0) is 9.84 Å². The Morgan fingerprint density at radius 1 is 1.24 bits per heavy atom. The molecule has 2 aromatic rings. The van der Waals surface area contributed by atoms with Gasteiger partial charge in [0.2, 0.25) is 11.7 Å². The molecule has 1 aliphatic heterocycles. The third-order valence-corrected chi connectivity index (χ3v) is 5.81. The molecule has 0 radical (unpaired) electrons. The van der Waals surface area contributed by atoms with Gasteiger partial charge in [-0.25, -0.2) is 8.42 Å². The standard InChI is InChI=1S/C14H16N2O4S/c1-19-11-7-5-10(6-8-11)13-15-14(20-16-13)12-4-2-3-9-21(12,17)18/h5-8,12H,2-4,9H2,1H3. The smallest absolute Gasteiger partial charge is 0.245 e. The lowest BCUT2D eigenvalue weighted by Crippen LogP contribution is -2.21. The normalized spacial score (nSPS) is 21.1. The van der Waals surface area contributed by atoms with Crippen LogP contribution >= 0.6 is 0 Å². The zero-order valence-electron chi connectivity index (χ0n) is 11.7. The van der Waals surface area contributed by atoms with E-state index in [1.807, 2.05) is 12.1 Å². The highest BCUT2D eigenvalue weighted by atomic mass is 32.2. The molecule has 0 N–H and O–H groups in total. The van der Waals surface area contributed by atoms with Crippen LogP contribution < -0.4 is 4.74 Å². The first kappa shape index (κ1) is 14.1. The molecule has 0 bridgehead atoms. The maximum Gasteiger partial charge on any atom is 0.245 e. The van der Waals surface area contributed by atoms with Crippen molar-refractivity contribution in [2.24, 2.45) is 0 Å². The summed E-state index contributed by atoms with van der Waals surface area (Å²) >= 11 is 0. The molecular weight excluding hydrogens is 292 g/mol. The summed E-state index contributed by atoms with van der Waals surface area (Å²) in [4.78, 5) is 4.26. The molecule has 1 aromatic carbocycles. The zero-order chi connectivity index (χ0) is 14.9. The summed E-state index contributed by atoms with van der Waals surface area (Å²) in [6.45, 7) is 0. The van der Waals surface area contributed by atoms with E-state index in [1.54, 1.807) is 19.2 Å². The predicted octanol–water partition coefficient (Wildman–Crippen LogP) is 2.39. The molecule has 1 atom stereocenters. The van der Waals surface area contributed by atoms with Crippen molar-refractivity contribution < 1.29 is 17.7 Å². The summed E-state index contributed by atoms with van der Waals surface area (Å²) in [7, 11) is -1.58.